The number of esters is 1. The van der Waals surface area contributed by atoms with Crippen LogP contribution in [0.1, 0.15) is 16.0 Å². The van der Waals surface area contributed by atoms with Crippen molar-refractivity contribution in [2.75, 3.05) is 7.11 Å². The van der Waals surface area contributed by atoms with Gasteiger partial charge >= 0.3 is 5.97 Å². The maximum atomic E-state index is 13.6. The van der Waals surface area contributed by atoms with Gasteiger partial charge in [-0.2, -0.15) is 0 Å². The number of benzene rings is 1. The van der Waals surface area contributed by atoms with E-state index in [2.05, 4.69) is 11.1 Å². The lowest BCUT2D eigenvalue weighted by Crippen LogP contribution is -2.17. The molecule has 1 aromatic carbocycles. The molecule has 0 saturated heterocycles. The highest BCUT2D eigenvalue weighted by atomic mass is 32.1. The van der Waals surface area contributed by atoms with Crippen molar-refractivity contribution in [3.63, 3.8) is 0 Å². The van der Waals surface area contributed by atoms with E-state index < -0.39 is 5.97 Å². The van der Waals surface area contributed by atoms with E-state index in [-0.39, 0.29) is 0 Å². The highest BCUT2D eigenvalue weighted by molar-refractivity contribution is 7.11. The zero-order valence-electron chi connectivity index (χ0n) is 24.0. The molecule has 0 radical (unpaired) electrons. The minimum absolute atomic E-state index is 0.293. The van der Waals surface area contributed by atoms with Crippen LogP contribution < -0.4 is 0 Å². The molecule has 0 N–H and O–H groups in total. The zero-order valence-corrected chi connectivity index (χ0v) is 24.8. The van der Waals surface area contributed by atoms with Crippen LogP contribution in [0, 0.1) is 0 Å². The molecule has 0 amide bonds. The number of ether oxygens (including phenoxy) is 1. The molecule has 214 valence electrons. The number of aliphatic imine (C=N–C) groups is 4. The second-order valence-electron chi connectivity index (χ2n) is 10.5. The van der Waals surface area contributed by atoms with Crippen molar-refractivity contribution < 1.29 is 9.53 Å². The predicted molar refractivity (Wildman–Crippen MR) is 181 cm³/mol. The molecule has 8 rings (SSSR count). The van der Waals surface area contributed by atoms with Crippen LogP contribution in [0.4, 0.5) is 0 Å². The number of methoxy groups -OCH3 is 1. The Bertz CT molecular complexity index is 2170. The molecule has 3 aromatic rings. The maximum absolute atomic E-state index is 13.6. The summed E-state index contributed by atoms with van der Waals surface area (Å²) >= 11 is 1.62. The largest absolute Gasteiger partial charge is 0.465 e. The number of nitrogens with zero attached hydrogens (tertiary/aromatic N) is 5. The molecule has 0 fully saturated rings. The van der Waals surface area contributed by atoms with Gasteiger partial charge in [0.05, 0.1) is 52.7 Å². The van der Waals surface area contributed by atoms with E-state index in [1.54, 1.807) is 23.7 Å². The molecule has 0 saturated carbocycles. The molecule has 0 spiro atoms. The van der Waals surface area contributed by atoms with Crippen molar-refractivity contribution in [2.24, 2.45) is 20.0 Å². The molecule has 7 nitrogen and oxygen atoms in total. The monoisotopic (exact) mass is 601 g/mol. The molecule has 45 heavy (non-hydrogen) atoms. The maximum Gasteiger partial charge on any atom is 0.342 e. The highest BCUT2D eigenvalue weighted by Crippen LogP contribution is 2.44. The van der Waals surface area contributed by atoms with E-state index in [0.29, 0.717) is 28.4 Å². The number of hydrogen-bond acceptors (Lipinski definition) is 8. The molecule has 0 atom stereocenters. The lowest BCUT2D eigenvalue weighted by molar-refractivity contribution is -0.135. The molecular weight excluding hydrogens is 579 g/mol. The third-order valence-electron chi connectivity index (χ3n) is 7.73. The van der Waals surface area contributed by atoms with Crippen molar-refractivity contribution in [3.8, 4) is 0 Å². The van der Waals surface area contributed by atoms with Gasteiger partial charge in [0.25, 0.3) is 0 Å². The number of allylic oxidation sites excluding steroid dienone is 11. The van der Waals surface area contributed by atoms with E-state index in [9.17, 15) is 4.79 Å². The van der Waals surface area contributed by atoms with Crippen LogP contribution in [0.25, 0.3) is 16.7 Å². The first-order chi connectivity index (χ1) is 22.2. The number of hydrogen-bond donors (Lipinski definition) is 0. The Morgan fingerprint density at radius 2 is 1.44 bits per heavy atom. The van der Waals surface area contributed by atoms with E-state index in [0.717, 1.165) is 55.5 Å². The molecule has 5 aliphatic heterocycles. The number of pyridine rings is 1. The Hall–Kier alpha value is -5.86. The summed E-state index contributed by atoms with van der Waals surface area (Å²) in [7, 11) is 1.38. The van der Waals surface area contributed by atoms with Gasteiger partial charge in [-0.3, -0.25) is 4.98 Å². The van der Waals surface area contributed by atoms with Gasteiger partial charge in [0.2, 0.25) is 0 Å². The molecule has 7 heterocycles. The first-order valence-electron chi connectivity index (χ1n) is 14.3. The number of carbonyl (C=O) groups is 1. The molecular formula is C37H23N5O2S. The lowest BCUT2D eigenvalue weighted by Gasteiger charge is -2.13. The molecule has 8 bridgehead atoms. The van der Waals surface area contributed by atoms with Crippen molar-refractivity contribution in [1.29, 1.82) is 0 Å². The predicted octanol–water partition coefficient (Wildman–Crippen LogP) is 7.16. The summed E-state index contributed by atoms with van der Waals surface area (Å²) in [6, 6.07) is 18.0. The van der Waals surface area contributed by atoms with Crippen LogP contribution in [0.3, 0.4) is 0 Å². The fraction of sp³-hybridized carbons (Fsp3) is 0.0270. The number of rotatable bonds is 4. The first kappa shape index (κ1) is 26.7. The van der Waals surface area contributed by atoms with Crippen molar-refractivity contribution in [1.82, 2.24) is 4.98 Å². The summed E-state index contributed by atoms with van der Waals surface area (Å²) in [5, 5.41) is 2.04. The number of aromatic nitrogens is 1. The Kier molecular flexibility index (Phi) is 6.54. The van der Waals surface area contributed by atoms with Gasteiger partial charge in [-0.05, 0) is 83.3 Å². The van der Waals surface area contributed by atoms with Crippen LogP contribution >= 0.6 is 11.3 Å². The first-order valence-corrected chi connectivity index (χ1v) is 15.2. The fourth-order valence-electron chi connectivity index (χ4n) is 5.77. The topological polar surface area (TPSA) is 88.6 Å². The summed E-state index contributed by atoms with van der Waals surface area (Å²) in [6.45, 7) is 0. The van der Waals surface area contributed by atoms with Gasteiger partial charge in [0.1, 0.15) is 5.57 Å². The van der Waals surface area contributed by atoms with Crippen molar-refractivity contribution >= 4 is 56.9 Å². The summed E-state index contributed by atoms with van der Waals surface area (Å²) in [5.74, 6) is -0.515. The van der Waals surface area contributed by atoms with Crippen LogP contribution in [-0.4, -0.2) is 40.9 Å². The second-order valence-corrected chi connectivity index (χ2v) is 11.4. The Morgan fingerprint density at radius 3 is 2.22 bits per heavy atom. The lowest BCUT2D eigenvalue weighted by atomic mass is 9.91. The summed E-state index contributed by atoms with van der Waals surface area (Å²) in [4.78, 5) is 38.9. The van der Waals surface area contributed by atoms with Gasteiger partial charge in [-0.15, -0.1) is 11.3 Å². The van der Waals surface area contributed by atoms with Gasteiger partial charge in [0.15, 0.2) is 0 Å². The Morgan fingerprint density at radius 1 is 0.689 bits per heavy atom. The number of fused-ring (bicyclic) bond motifs is 4. The zero-order chi connectivity index (χ0) is 30.3. The molecule has 2 aromatic heterocycles. The van der Waals surface area contributed by atoms with Crippen LogP contribution in [0.2, 0.25) is 0 Å². The second kappa shape index (κ2) is 11.0. The smallest absolute Gasteiger partial charge is 0.342 e. The highest BCUT2D eigenvalue weighted by Gasteiger charge is 2.34. The minimum Gasteiger partial charge on any atom is -0.465 e. The molecule has 0 unspecified atom stereocenters. The fourth-order valence-corrected chi connectivity index (χ4v) is 6.56. The number of carbonyl (C=O) groups excluding carboxylic acids is 1. The SMILES string of the molecule is COC(=O)C1=C2C=CC(=N2)C=C2C=CC(=N2)C(c2ccncc2)=C2C=CC(=N2)C=C2N=C1C(c1ccccc1)=C2c1cccs1. The van der Waals surface area contributed by atoms with E-state index in [4.69, 9.17) is 24.7 Å². The summed E-state index contributed by atoms with van der Waals surface area (Å²) in [6.07, 6.45) is 19.0. The summed E-state index contributed by atoms with van der Waals surface area (Å²) in [5.41, 5.74) is 10.2. The van der Waals surface area contributed by atoms with Crippen molar-refractivity contribution in [3.05, 3.63) is 165 Å². The third kappa shape index (κ3) is 4.77. The van der Waals surface area contributed by atoms with Gasteiger partial charge in [0, 0.05) is 34.0 Å². The van der Waals surface area contributed by atoms with Crippen molar-refractivity contribution in [2.45, 2.75) is 0 Å². The third-order valence-corrected chi connectivity index (χ3v) is 8.62. The van der Waals surface area contributed by atoms with Gasteiger partial charge in [-0.25, -0.2) is 24.8 Å². The van der Waals surface area contributed by atoms with E-state index in [1.165, 1.54) is 7.11 Å². The minimum atomic E-state index is -0.515. The molecule has 5 aliphatic rings. The average molecular weight is 602 g/mol. The van der Waals surface area contributed by atoms with Gasteiger partial charge in [-0.1, -0.05) is 36.4 Å². The Labute approximate surface area is 263 Å². The van der Waals surface area contributed by atoms with Gasteiger partial charge < -0.3 is 4.74 Å². The molecule has 8 heteroatoms. The average Bonchev–Trinajstić information content (AvgIpc) is 3.91. The van der Waals surface area contributed by atoms with Crippen LogP contribution in [0.15, 0.2) is 169 Å². The quantitative estimate of drug-likeness (QED) is 0.297. The normalized spacial score (nSPS) is 18.2. The summed E-state index contributed by atoms with van der Waals surface area (Å²) < 4.78 is 5.34. The van der Waals surface area contributed by atoms with Crippen LogP contribution in [-0.2, 0) is 9.53 Å². The van der Waals surface area contributed by atoms with E-state index in [1.807, 2.05) is 103 Å². The molecule has 0 aliphatic carbocycles. The number of thiophene rings is 1. The standard InChI is InChI=1S/C37H23N5O2S/c1-44-37(43)35-29-14-10-25(40-29)20-24-9-12-27(39-24)32(23-15-17-38-18-16-23)28-13-11-26(41-28)21-30-34(31-8-5-19-45-31)33(36(35)42-30)22-6-3-2-4-7-22/h2-21H,1H3. The van der Waals surface area contributed by atoms with Crippen LogP contribution in [0.5, 0.6) is 0 Å². The van der Waals surface area contributed by atoms with E-state index >= 15 is 0 Å². The Balaban J connectivity index is 1.45.